The molecule has 2 fully saturated rings. The number of anilines is 2. The lowest BCUT2D eigenvalue weighted by molar-refractivity contribution is -0.132. The van der Waals surface area contributed by atoms with Gasteiger partial charge in [-0.05, 0) is 91.5 Å². The van der Waals surface area contributed by atoms with Gasteiger partial charge in [-0.3, -0.25) is 25.3 Å². The van der Waals surface area contributed by atoms with Gasteiger partial charge in [0, 0.05) is 61.3 Å². The summed E-state index contributed by atoms with van der Waals surface area (Å²) in [6.07, 6.45) is 3.40. The van der Waals surface area contributed by atoms with Crippen LogP contribution in [0.1, 0.15) is 41.5 Å². The van der Waals surface area contributed by atoms with E-state index in [9.17, 15) is 18.8 Å². The summed E-state index contributed by atoms with van der Waals surface area (Å²) in [6.45, 7) is 3.04. The van der Waals surface area contributed by atoms with Gasteiger partial charge in [0.15, 0.2) is 0 Å². The Morgan fingerprint density at radius 3 is 2.38 bits per heavy atom. The number of benzene rings is 3. The van der Waals surface area contributed by atoms with Crippen molar-refractivity contribution in [3.63, 3.8) is 0 Å². The average molecular weight is 652 g/mol. The first-order chi connectivity index (χ1) is 23.1. The number of halogens is 1. The molecule has 0 bridgehead atoms. The number of nitrogens with zero attached hydrogens (tertiary/aromatic N) is 3. The number of nitrogens with one attached hydrogen (secondary N) is 3. The van der Waals surface area contributed by atoms with Crippen molar-refractivity contribution in [3.05, 3.63) is 101 Å². The second-order valence-electron chi connectivity index (χ2n) is 12.5. The van der Waals surface area contributed by atoms with E-state index >= 15 is 0 Å². The largest absolute Gasteiger partial charge is 0.413 e. The van der Waals surface area contributed by atoms with Gasteiger partial charge in [-0.25, -0.2) is 9.18 Å². The van der Waals surface area contributed by atoms with Crippen molar-refractivity contribution < 1.29 is 23.5 Å². The Morgan fingerprint density at radius 2 is 1.69 bits per heavy atom. The Morgan fingerprint density at radius 1 is 0.979 bits per heavy atom. The summed E-state index contributed by atoms with van der Waals surface area (Å²) in [5.41, 5.74) is 10.5. The highest BCUT2D eigenvalue weighted by molar-refractivity contribution is 6.14. The average Bonchev–Trinajstić information content (AvgIpc) is 3.66. The van der Waals surface area contributed by atoms with Crippen molar-refractivity contribution >= 4 is 46.5 Å². The molecule has 3 aromatic rings. The predicted molar refractivity (Wildman–Crippen MR) is 182 cm³/mol. The van der Waals surface area contributed by atoms with E-state index in [2.05, 4.69) is 10.2 Å². The first-order valence-corrected chi connectivity index (χ1v) is 15.9. The number of carbonyl (C=O) groups excluding carboxylic acids is 3. The number of carbonyl (C=O) groups is 3. The van der Waals surface area contributed by atoms with Gasteiger partial charge >= 0.3 is 6.09 Å². The number of ether oxygens (including phenoxy) is 1. The zero-order chi connectivity index (χ0) is 34.0. The van der Waals surface area contributed by atoms with Crippen LogP contribution in [0.4, 0.5) is 20.6 Å². The molecule has 0 unspecified atom stereocenters. The van der Waals surface area contributed by atoms with Crippen LogP contribution in [0.15, 0.2) is 72.8 Å². The minimum Gasteiger partial charge on any atom is -0.398 e. The van der Waals surface area contributed by atoms with Crippen molar-refractivity contribution in [2.45, 2.75) is 19.3 Å². The second-order valence-corrected chi connectivity index (χ2v) is 12.5. The van der Waals surface area contributed by atoms with E-state index in [1.807, 2.05) is 23.1 Å². The monoisotopic (exact) mass is 651 g/mol. The number of nitrogens with two attached hydrogens (primary N) is 1. The van der Waals surface area contributed by atoms with Crippen molar-refractivity contribution in [1.29, 1.82) is 10.8 Å². The van der Waals surface area contributed by atoms with Gasteiger partial charge in [-0.2, -0.15) is 0 Å². The van der Waals surface area contributed by atoms with Crippen LogP contribution in [0.3, 0.4) is 0 Å². The van der Waals surface area contributed by atoms with Gasteiger partial charge in [0.1, 0.15) is 5.82 Å². The Hall–Kier alpha value is -5.36. The predicted octanol–water partition coefficient (Wildman–Crippen LogP) is 4.25. The standard InChI is InChI=1S/C36H38FN7O4/c1-41-35(47)48-33(40)26-4-2-23(3-5-26)24-12-16-43(17-13-24)31(45)21-42-18-14-36(22-42)15-19-44(34(36)46)28-10-11-30(38)29(20-28)32(39)25-6-8-27(37)9-7-25/h2-12,20,39-40H,13-19,21-22,38H2,1H3,(H,41,47)/t36-/m0/s1. The van der Waals surface area contributed by atoms with Gasteiger partial charge < -0.3 is 25.6 Å². The lowest BCUT2D eigenvalue weighted by Crippen LogP contribution is -2.43. The molecule has 2 saturated heterocycles. The number of nitrogen functional groups attached to an aromatic ring is 1. The third kappa shape index (κ3) is 6.56. The molecule has 3 heterocycles. The van der Waals surface area contributed by atoms with Crippen LogP contribution in [0, 0.1) is 22.1 Å². The van der Waals surface area contributed by atoms with Crippen molar-refractivity contribution in [3.8, 4) is 0 Å². The zero-order valence-corrected chi connectivity index (χ0v) is 26.7. The van der Waals surface area contributed by atoms with Crippen LogP contribution in [-0.2, 0) is 14.3 Å². The molecule has 248 valence electrons. The second kappa shape index (κ2) is 13.4. The van der Waals surface area contributed by atoms with Gasteiger partial charge in [-0.1, -0.05) is 18.2 Å². The molecule has 0 aliphatic carbocycles. The number of alkyl carbamates (subject to hydrolysis) is 1. The summed E-state index contributed by atoms with van der Waals surface area (Å²) in [7, 11) is 1.43. The van der Waals surface area contributed by atoms with Crippen LogP contribution >= 0.6 is 0 Å². The molecule has 3 amide bonds. The van der Waals surface area contributed by atoms with Crippen LogP contribution < -0.4 is 16.0 Å². The molecule has 1 atom stereocenters. The number of hydrogen-bond acceptors (Lipinski definition) is 8. The maximum absolute atomic E-state index is 13.9. The lowest BCUT2D eigenvalue weighted by atomic mass is 9.85. The quantitative estimate of drug-likeness (QED) is 0.170. The molecule has 5 N–H and O–H groups in total. The third-order valence-electron chi connectivity index (χ3n) is 9.53. The lowest BCUT2D eigenvalue weighted by Gasteiger charge is -2.29. The smallest absolute Gasteiger partial charge is 0.398 e. The molecule has 1 spiro atoms. The van der Waals surface area contributed by atoms with Crippen LogP contribution in [0.2, 0.25) is 0 Å². The fraction of sp³-hybridized carbons (Fsp3) is 0.306. The topological polar surface area (TPSA) is 156 Å². The molecular weight excluding hydrogens is 613 g/mol. The zero-order valence-electron chi connectivity index (χ0n) is 26.7. The third-order valence-corrected chi connectivity index (χ3v) is 9.53. The number of rotatable bonds is 7. The van der Waals surface area contributed by atoms with E-state index in [0.29, 0.717) is 80.1 Å². The molecule has 3 aliphatic heterocycles. The minimum atomic E-state index is -0.694. The van der Waals surface area contributed by atoms with E-state index < -0.39 is 11.5 Å². The summed E-state index contributed by atoms with van der Waals surface area (Å²) < 4.78 is 18.3. The molecular formula is C36H38FN7O4. The van der Waals surface area contributed by atoms with Gasteiger partial charge in [0.2, 0.25) is 17.7 Å². The maximum Gasteiger partial charge on any atom is 0.413 e. The van der Waals surface area contributed by atoms with Crippen LogP contribution in [0.25, 0.3) is 5.57 Å². The van der Waals surface area contributed by atoms with Crippen LogP contribution in [-0.4, -0.2) is 85.6 Å². The SMILES string of the molecule is CNC(=O)OC(=N)c1ccc(C2=CCN(C(=O)CN3CC[C@]4(CCN(c5ccc(N)c(C(=N)c6ccc(F)cc6)c5)C4=O)C3)CC2)cc1. The van der Waals surface area contributed by atoms with E-state index in [4.69, 9.17) is 21.3 Å². The fourth-order valence-corrected chi connectivity index (χ4v) is 6.73. The molecule has 0 aromatic heterocycles. The Bertz CT molecular complexity index is 1810. The fourth-order valence-electron chi connectivity index (χ4n) is 6.73. The van der Waals surface area contributed by atoms with E-state index in [-0.39, 0.29) is 35.8 Å². The van der Waals surface area contributed by atoms with E-state index in [0.717, 1.165) is 11.1 Å². The molecule has 12 heteroatoms. The van der Waals surface area contributed by atoms with Gasteiger partial charge in [0.05, 0.1) is 17.7 Å². The number of hydrogen-bond donors (Lipinski definition) is 4. The van der Waals surface area contributed by atoms with Crippen molar-refractivity contribution in [2.24, 2.45) is 5.41 Å². The van der Waals surface area contributed by atoms with Gasteiger partial charge in [-0.15, -0.1) is 0 Å². The number of likely N-dealkylation sites (tertiary alicyclic amines) is 1. The van der Waals surface area contributed by atoms with Crippen molar-refractivity contribution in [2.75, 3.05) is 56.9 Å². The molecule has 3 aromatic carbocycles. The Labute approximate surface area is 278 Å². The summed E-state index contributed by atoms with van der Waals surface area (Å²) in [5, 5.41) is 18.9. The van der Waals surface area contributed by atoms with Crippen molar-refractivity contribution in [1.82, 2.24) is 15.1 Å². The maximum atomic E-state index is 13.9. The minimum absolute atomic E-state index is 0.0216. The number of amides is 3. The normalized spacial score (nSPS) is 19.4. The summed E-state index contributed by atoms with van der Waals surface area (Å²) >= 11 is 0. The van der Waals surface area contributed by atoms with Gasteiger partial charge in [0.25, 0.3) is 0 Å². The molecule has 48 heavy (non-hydrogen) atoms. The summed E-state index contributed by atoms with van der Waals surface area (Å²) in [6, 6.07) is 18.2. The first kappa shape index (κ1) is 32.6. The molecule has 6 rings (SSSR count). The van der Waals surface area contributed by atoms with E-state index in [1.54, 1.807) is 35.2 Å². The Kier molecular flexibility index (Phi) is 9.09. The highest BCUT2D eigenvalue weighted by atomic mass is 19.1. The molecule has 0 radical (unpaired) electrons. The summed E-state index contributed by atoms with van der Waals surface area (Å²) in [5.74, 6) is -0.563. The highest BCUT2D eigenvalue weighted by Gasteiger charge is 2.51. The Balaban J connectivity index is 1.04. The van der Waals surface area contributed by atoms with Crippen LogP contribution in [0.5, 0.6) is 0 Å². The molecule has 11 nitrogen and oxygen atoms in total. The highest BCUT2D eigenvalue weighted by Crippen LogP contribution is 2.43. The molecule has 0 saturated carbocycles. The first-order valence-electron chi connectivity index (χ1n) is 15.9. The molecule has 3 aliphatic rings. The summed E-state index contributed by atoms with van der Waals surface area (Å²) in [4.78, 5) is 44.2. The van der Waals surface area contributed by atoms with E-state index in [1.165, 1.54) is 31.3 Å².